The van der Waals surface area contributed by atoms with Gasteiger partial charge in [0.15, 0.2) is 0 Å². The summed E-state index contributed by atoms with van der Waals surface area (Å²) >= 11 is 0. The van der Waals surface area contributed by atoms with Crippen molar-refractivity contribution >= 4 is 17.0 Å². The van der Waals surface area contributed by atoms with Crippen molar-refractivity contribution in [2.45, 2.75) is 26.8 Å². The summed E-state index contributed by atoms with van der Waals surface area (Å²) in [5.41, 5.74) is 4.47. The molecule has 5 rings (SSSR count). The largest absolute Gasteiger partial charge is 0.507 e. The van der Waals surface area contributed by atoms with E-state index >= 15 is 0 Å². The van der Waals surface area contributed by atoms with Gasteiger partial charge in [0.2, 0.25) is 5.95 Å². The van der Waals surface area contributed by atoms with E-state index in [1.165, 1.54) is 0 Å². The molecule has 1 saturated heterocycles. The summed E-state index contributed by atoms with van der Waals surface area (Å²) in [6.07, 6.45) is 3.39. The van der Waals surface area contributed by atoms with Crippen molar-refractivity contribution < 1.29 is 5.11 Å². The second-order valence-corrected chi connectivity index (χ2v) is 8.51. The number of aromatic hydroxyl groups is 1. The smallest absolute Gasteiger partial charge is 0.245 e. The minimum Gasteiger partial charge on any atom is -0.507 e. The lowest BCUT2D eigenvalue weighted by molar-refractivity contribution is 0.365. The molecule has 0 radical (unpaired) electrons. The van der Waals surface area contributed by atoms with Gasteiger partial charge in [-0.15, -0.1) is 10.2 Å². The molecule has 32 heavy (non-hydrogen) atoms. The Morgan fingerprint density at radius 3 is 2.75 bits per heavy atom. The van der Waals surface area contributed by atoms with Crippen LogP contribution < -0.4 is 10.2 Å². The molecule has 0 spiro atoms. The van der Waals surface area contributed by atoms with E-state index in [0.29, 0.717) is 29.2 Å². The van der Waals surface area contributed by atoms with Crippen LogP contribution in [-0.2, 0) is 0 Å². The molecule has 1 aliphatic rings. The first-order valence-corrected chi connectivity index (χ1v) is 10.8. The number of fused-ring (bicyclic) bond motifs is 1. The number of piperazine rings is 1. The quantitative estimate of drug-likeness (QED) is 0.509. The number of anilines is 1. The molecule has 1 unspecified atom stereocenters. The number of nitrogens with zero attached hydrogens (tertiary/aromatic N) is 7. The van der Waals surface area contributed by atoms with Crippen molar-refractivity contribution in [3.63, 3.8) is 0 Å². The average Bonchev–Trinajstić information content (AvgIpc) is 3.22. The standard InChI is InChI=1S/C23H26N8O/c1-14(2)20-13-30(9-8-24-20)23-25-11-18(28-29-23)17-6-5-16(10-22(17)32)31-21-7-4-15(3)27-19(21)12-26-31/h4-7,10-12,14,20,24,32H,8-9,13H2,1-3H3. The highest BCUT2D eigenvalue weighted by molar-refractivity contribution is 5.77. The molecule has 0 bridgehead atoms. The lowest BCUT2D eigenvalue weighted by atomic mass is 10.0. The summed E-state index contributed by atoms with van der Waals surface area (Å²) in [6.45, 7) is 8.95. The molecule has 4 aromatic rings. The Morgan fingerprint density at radius 2 is 2.00 bits per heavy atom. The van der Waals surface area contributed by atoms with Gasteiger partial charge in [0.1, 0.15) is 17.0 Å². The van der Waals surface area contributed by atoms with E-state index in [2.05, 4.69) is 49.3 Å². The number of rotatable bonds is 4. The topological polar surface area (TPSA) is 105 Å². The third kappa shape index (κ3) is 3.75. The minimum absolute atomic E-state index is 0.0946. The van der Waals surface area contributed by atoms with E-state index in [9.17, 15) is 5.11 Å². The Labute approximate surface area is 186 Å². The summed E-state index contributed by atoms with van der Waals surface area (Å²) in [7, 11) is 0. The van der Waals surface area contributed by atoms with Crippen LogP contribution in [0, 0.1) is 12.8 Å². The van der Waals surface area contributed by atoms with Crippen LogP contribution in [-0.4, -0.2) is 60.7 Å². The summed E-state index contributed by atoms with van der Waals surface area (Å²) in [5, 5.41) is 27.3. The highest BCUT2D eigenvalue weighted by atomic mass is 16.3. The maximum Gasteiger partial charge on any atom is 0.245 e. The molecule has 1 aliphatic heterocycles. The Morgan fingerprint density at radius 1 is 1.12 bits per heavy atom. The van der Waals surface area contributed by atoms with E-state index in [0.717, 1.165) is 42.0 Å². The number of hydrogen-bond donors (Lipinski definition) is 2. The molecule has 1 aromatic carbocycles. The zero-order chi connectivity index (χ0) is 22.2. The van der Waals surface area contributed by atoms with E-state index in [1.807, 2.05) is 31.2 Å². The van der Waals surface area contributed by atoms with Gasteiger partial charge in [-0.2, -0.15) is 5.10 Å². The molecule has 9 heteroatoms. The zero-order valence-corrected chi connectivity index (χ0v) is 18.4. The number of phenols is 1. The third-order valence-electron chi connectivity index (χ3n) is 5.91. The molecule has 2 N–H and O–H groups in total. The molecule has 164 valence electrons. The number of nitrogens with one attached hydrogen (secondary N) is 1. The van der Waals surface area contributed by atoms with Crippen LogP contribution in [0.1, 0.15) is 19.5 Å². The predicted octanol–water partition coefficient (Wildman–Crippen LogP) is 2.72. The summed E-state index contributed by atoms with van der Waals surface area (Å²) in [5.74, 6) is 1.24. The molecular formula is C23H26N8O. The maximum atomic E-state index is 10.7. The van der Waals surface area contributed by atoms with E-state index in [-0.39, 0.29) is 5.75 Å². The molecule has 1 atom stereocenters. The highest BCUT2D eigenvalue weighted by Gasteiger charge is 2.23. The van der Waals surface area contributed by atoms with Gasteiger partial charge in [-0.05, 0) is 37.1 Å². The number of aryl methyl sites for hydroxylation is 1. The van der Waals surface area contributed by atoms with Crippen LogP contribution in [0.15, 0.2) is 42.7 Å². The van der Waals surface area contributed by atoms with Crippen LogP contribution in [0.4, 0.5) is 5.95 Å². The first-order valence-electron chi connectivity index (χ1n) is 10.8. The highest BCUT2D eigenvalue weighted by Crippen LogP contribution is 2.30. The summed E-state index contributed by atoms with van der Waals surface area (Å²) in [6, 6.07) is 9.69. The number of pyridine rings is 1. The van der Waals surface area contributed by atoms with Crippen LogP contribution in [0.3, 0.4) is 0 Å². The average molecular weight is 431 g/mol. The van der Waals surface area contributed by atoms with E-state index in [4.69, 9.17) is 0 Å². The molecule has 0 amide bonds. The monoisotopic (exact) mass is 430 g/mol. The minimum atomic E-state index is 0.0946. The number of hydrogen-bond acceptors (Lipinski definition) is 8. The van der Waals surface area contributed by atoms with Crippen molar-refractivity contribution in [2.24, 2.45) is 5.92 Å². The van der Waals surface area contributed by atoms with Gasteiger partial charge in [-0.1, -0.05) is 13.8 Å². The Kier molecular flexibility index (Phi) is 5.18. The van der Waals surface area contributed by atoms with E-state index in [1.54, 1.807) is 23.1 Å². The molecule has 1 fully saturated rings. The third-order valence-corrected chi connectivity index (χ3v) is 5.91. The van der Waals surface area contributed by atoms with Gasteiger partial charge in [0.25, 0.3) is 0 Å². The SMILES string of the molecule is Cc1ccc2c(cnn2-c2ccc(-c3cnc(N4CCNC(C(C)C)C4)nn3)c(O)c2)n1. The molecule has 0 aliphatic carbocycles. The first kappa shape index (κ1) is 20.3. The van der Waals surface area contributed by atoms with Crippen molar-refractivity contribution in [3.8, 4) is 22.7 Å². The number of aromatic nitrogens is 6. The molecule has 3 aromatic heterocycles. The molecular weight excluding hydrogens is 404 g/mol. The maximum absolute atomic E-state index is 10.7. The number of phenolic OH excluding ortho intramolecular Hbond substituents is 1. The Hall–Kier alpha value is -3.59. The van der Waals surface area contributed by atoms with Gasteiger partial charge in [-0.3, -0.25) is 0 Å². The normalized spacial score (nSPS) is 16.8. The fourth-order valence-electron chi connectivity index (χ4n) is 4.04. The summed E-state index contributed by atoms with van der Waals surface area (Å²) < 4.78 is 1.76. The second-order valence-electron chi connectivity index (χ2n) is 8.51. The van der Waals surface area contributed by atoms with Gasteiger partial charge in [0.05, 0.1) is 23.6 Å². The van der Waals surface area contributed by atoms with Crippen molar-refractivity contribution in [3.05, 3.63) is 48.4 Å². The first-order chi connectivity index (χ1) is 15.5. The van der Waals surface area contributed by atoms with Crippen molar-refractivity contribution in [1.29, 1.82) is 0 Å². The second kappa shape index (κ2) is 8.16. The van der Waals surface area contributed by atoms with Crippen LogP contribution in [0.2, 0.25) is 0 Å². The Bertz CT molecular complexity index is 1250. The zero-order valence-electron chi connectivity index (χ0n) is 18.4. The van der Waals surface area contributed by atoms with Gasteiger partial charge >= 0.3 is 0 Å². The van der Waals surface area contributed by atoms with Gasteiger partial charge < -0.3 is 15.3 Å². The fourth-order valence-corrected chi connectivity index (χ4v) is 4.04. The molecule has 0 saturated carbocycles. The van der Waals surface area contributed by atoms with Crippen molar-refractivity contribution in [2.75, 3.05) is 24.5 Å². The molecule has 4 heterocycles. The van der Waals surface area contributed by atoms with Gasteiger partial charge in [0, 0.05) is 43.0 Å². The van der Waals surface area contributed by atoms with E-state index < -0.39 is 0 Å². The lowest BCUT2D eigenvalue weighted by Crippen LogP contribution is -2.53. The van der Waals surface area contributed by atoms with Gasteiger partial charge in [-0.25, -0.2) is 14.6 Å². The van der Waals surface area contributed by atoms with Crippen molar-refractivity contribution in [1.82, 2.24) is 35.3 Å². The van der Waals surface area contributed by atoms with Crippen LogP contribution in [0.5, 0.6) is 5.75 Å². The van der Waals surface area contributed by atoms with Crippen LogP contribution >= 0.6 is 0 Å². The summed E-state index contributed by atoms with van der Waals surface area (Å²) in [4.78, 5) is 11.2. The fraction of sp³-hybridized carbons (Fsp3) is 0.348. The predicted molar refractivity (Wildman–Crippen MR) is 123 cm³/mol. The molecule has 9 nitrogen and oxygen atoms in total. The Balaban J connectivity index is 1.39. The number of benzene rings is 1. The van der Waals surface area contributed by atoms with Crippen LogP contribution in [0.25, 0.3) is 28.0 Å². The lowest BCUT2D eigenvalue weighted by Gasteiger charge is -2.35.